The minimum absolute atomic E-state index is 0.0703. The van der Waals surface area contributed by atoms with Crippen LogP contribution in [-0.4, -0.2) is 29.2 Å². The van der Waals surface area contributed by atoms with Crippen molar-refractivity contribution < 1.29 is 19.2 Å². The number of aromatic nitrogens is 1. The number of benzene rings is 2. The van der Waals surface area contributed by atoms with Crippen molar-refractivity contribution in [3.05, 3.63) is 95.2 Å². The average molecular weight is 495 g/mol. The van der Waals surface area contributed by atoms with Gasteiger partial charge in [-0.05, 0) is 37.6 Å². The van der Waals surface area contributed by atoms with Crippen molar-refractivity contribution in [2.45, 2.75) is 19.9 Å². The molecule has 0 fully saturated rings. The summed E-state index contributed by atoms with van der Waals surface area (Å²) >= 11 is 1.15. The van der Waals surface area contributed by atoms with Gasteiger partial charge < -0.3 is 14.8 Å². The molecule has 35 heavy (non-hydrogen) atoms. The van der Waals surface area contributed by atoms with Gasteiger partial charge in [-0.2, -0.15) is 0 Å². The van der Waals surface area contributed by atoms with Crippen molar-refractivity contribution in [3.8, 4) is 5.75 Å². The molecule has 1 N–H and O–H groups in total. The lowest BCUT2D eigenvalue weighted by atomic mass is 9.96. The molecule has 0 unspecified atom stereocenters. The Bertz CT molecular complexity index is 1500. The number of nitrogens with one attached hydrogen (secondary N) is 1. The van der Waals surface area contributed by atoms with Gasteiger partial charge in [-0.1, -0.05) is 29.5 Å². The highest BCUT2D eigenvalue weighted by atomic mass is 32.1. The Morgan fingerprint density at radius 2 is 2.03 bits per heavy atom. The van der Waals surface area contributed by atoms with Crippen LogP contribution < -0.4 is 24.9 Å². The maximum atomic E-state index is 13.5. The maximum absolute atomic E-state index is 13.5. The van der Waals surface area contributed by atoms with E-state index in [9.17, 15) is 19.7 Å². The number of rotatable bonds is 7. The molecule has 0 saturated heterocycles. The summed E-state index contributed by atoms with van der Waals surface area (Å²) in [6, 6.07) is 12.3. The van der Waals surface area contributed by atoms with Gasteiger partial charge in [0.2, 0.25) is 0 Å². The van der Waals surface area contributed by atoms with Gasteiger partial charge in [-0.3, -0.25) is 19.5 Å². The van der Waals surface area contributed by atoms with Crippen LogP contribution in [-0.2, 0) is 9.53 Å². The third kappa shape index (κ3) is 4.71. The van der Waals surface area contributed by atoms with E-state index in [0.717, 1.165) is 11.3 Å². The van der Waals surface area contributed by atoms with Gasteiger partial charge in [0.25, 0.3) is 11.2 Å². The first-order valence-electron chi connectivity index (χ1n) is 10.7. The molecule has 2 aromatic carbocycles. The van der Waals surface area contributed by atoms with Gasteiger partial charge in [0.05, 0.1) is 36.0 Å². The number of allylic oxidation sites excluding steroid dienone is 1. The maximum Gasteiger partial charge on any atom is 0.338 e. The van der Waals surface area contributed by atoms with Crippen LogP contribution in [0.2, 0.25) is 0 Å². The quantitative estimate of drug-likeness (QED) is 0.304. The molecule has 180 valence electrons. The van der Waals surface area contributed by atoms with Crippen LogP contribution in [0.4, 0.5) is 11.4 Å². The lowest BCUT2D eigenvalue weighted by Crippen LogP contribution is -2.40. The van der Waals surface area contributed by atoms with E-state index in [1.165, 1.54) is 22.9 Å². The van der Waals surface area contributed by atoms with Crippen LogP contribution in [0, 0.1) is 10.1 Å². The monoisotopic (exact) mass is 494 g/mol. The number of nitrogens with zero attached hydrogens (tertiary/aromatic N) is 3. The topological polar surface area (TPSA) is 125 Å². The number of hydrogen-bond donors (Lipinski definition) is 1. The number of esters is 1. The van der Waals surface area contributed by atoms with Crippen molar-refractivity contribution in [1.82, 2.24) is 4.57 Å². The number of thiazole rings is 1. The summed E-state index contributed by atoms with van der Waals surface area (Å²) in [5.74, 6) is 0.0965. The molecule has 0 saturated carbocycles. The van der Waals surface area contributed by atoms with Crippen LogP contribution in [0.3, 0.4) is 0 Å². The van der Waals surface area contributed by atoms with E-state index in [1.807, 2.05) is 0 Å². The molecule has 1 aliphatic rings. The van der Waals surface area contributed by atoms with Crippen molar-refractivity contribution in [3.63, 3.8) is 0 Å². The van der Waals surface area contributed by atoms with Crippen LogP contribution in [0.25, 0.3) is 6.20 Å². The molecule has 0 radical (unpaired) electrons. The molecule has 1 atom stereocenters. The van der Waals surface area contributed by atoms with E-state index in [1.54, 1.807) is 57.4 Å². The second kappa shape index (κ2) is 9.94. The second-order valence-electron chi connectivity index (χ2n) is 7.53. The van der Waals surface area contributed by atoms with E-state index in [-0.39, 0.29) is 23.4 Å². The van der Waals surface area contributed by atoms with Crippen molar-refractivity contribution >= 4 is 34.9 Å². The Morgan fingerprint density at radius 3 is 2.69 bits per heavy atom. The van der Waals surface area contributed by atoms with Gasteiger partial charge in [-0.15, -0.1) is 0 Å². The summed E-state index contributed by atoms with van der Waals surface area (Å²) in [4.78, 5) is 41.9. The van der Waals surface area contributed by atoms with Gasteiger partial charge in [0, 0.05) is 24.0 Å². The van der Waals surface area contributed by atoms with Crippen molar-refractivity contribution in [1.29, 1.82) is 0 Å². The van der Waals surface area contributed by atoms with Crippen LogP contribution in [0.15, 0.2) is 69.6 Å². The van der Waals surface area contributed by atoms with Crippen LogP contribution in [0.1, 0.15) is 25.5 Å². The summed E-state index contributed by atoms with van der Waals surface area (Å²) in [5, 5.41) is 14.0. The predicted molar refractivity (Wildman–Crippen MR) is 131 cm³/mol. The smallest absolute Gasteiger partial charge is 0.338 e. The van der Waals surface area contributed by atoms with E-state index in [4.69, 9.17) is 9.47 Å². The minimum Gasteiger partial charge on any atom is -0.497 e. The number of fused-ring (bicyclic) bond motifs is 1. The molecular weight excluding hydrogens is 472 g/mol. The van der Waals surface area contributed by atoms with Gasteiger partial charge in [0.15, 0.2) is 4.80 Å². The first-order valence-corrected chi connectivity index (χ1v) is 11.5. The molecular formula is C24H22N4O6S. The molecule has 10 nitrogen and oxygen atoms in total. The molecule has 3 aromatic rings. The molecule has 0 amide bonds. The summed E-state index contributed by atoms with van der Waals surface area (Å²) < 4.78 is 12.3. The zero-order chi connectivity index (χ0) is 25.1. The zero-order valence-corrected chi connectivity index (χ0v) is 20.0. The number of nitro benzene ring substituents is 1. The molecule has 2 heterocycles. The Labute approximate surface area is 203 Å². The highest BCUT2D eigenvalue weighted by Crippen LogP contribution is 2.31. The first kappa shape index (κ1) is 23.9. The van der Waals surface area contributed by atoms with Gasteiger partial charge in [0.1, 0.15) is 10.3 Å². The molecule has 4 rings (SSSR count). The van der Waals surface area contributed by atoms with E-state index < -0.39 is 16.9 Å². The third-order valence-electron chi connectivity index (χ3n) is 5.38. The van der Waals surface area contributed by atoms with E-state index in [2.05, 4.69) is 10.3 Å². The number of non-ortho nitro benzene ring substituents is 1. The minimum atomic E-state index is -0.740. The number of hydrogen-bond acceptors (Lipinski definition) is 9. The van der Waals surface area contributed by atoms with Crippen molar-refractivity contribution in [2.24, 2.45) is 4.99 Å². The fourth-order valence-corrected chi connectivity index (χ4v) is 4.72. The lowest BCUT2D eigenvalue weighted by Gasteiger charge is -2.24. The fraction of sp³-hybridized carbons (Fsp3) is 0.208. The van der Waals surface area contributed by atoms with Gasteiger partial charge >= 0.3 is 5.97 Å². The number of carbonyl (C=O) groups excluding carboxylic acids is 1. The second-order valence-corrected chi connectivity index (χ2v) is 8.54. The standard InChI is InChI=1S/C24H22N4O6S/c1-4-34-23(30)20-14(2)26-24-27(21(20)15-8-10-18(33-3)11-9-15)22(29)19(35-24)13-25-16-6-5-7-17(12-16)28(31)32/h5-13,21,25H,4H2,1-3H3/b19-13-/t21-/m1/s1. The Kier molecular flexibility index (Phi) is 6.78. The summed E-state index contributed by atoms with van der Waals surface area (Å²) in [5.41, 5.74) is 1.47. The molecule has 0 spiro atoms. The SMILES string of the molecule is CCOC(=O)C1=C(C)N=c2s/c(=C\Nc3cccc([N+](=O)[O-])c3)c(=O)n2[C@@H]1c1ccc(OC)cc1. The summed E-state index contributed by atoms with van der Waals surface area (Å²) in [6.45, 7) is 3.61. The molecule has 0 aliphatic carbocycles. The number of methoxy groups -OCH3 is 1. The summed E-state index contributed by atoms with van der Waals surface area (Å²) in [6.07, 6.45) is 1.48. The number of ether oxygens (including phenoxy) is 2. The van der Waals surface area contributed by atoms with E-state index >= 15 is 0 Å². The molecule has 1 aliphatic heterocycles. The zero-order valence-electron chi connectivity index (χ0n) is 19.2. The van der Waals surface area contributed by atoms with Gasteiger partial charge in [-0.25, -0.2) is 9.79 Å². The Balaban J connectivity index is 1.83. The largest absolute Gasteiger partial charge is 0.497 e. The highest BCUT2D eigenvalue weighted by Gasteiger charge is 2.33. The van der Waals surface area contributed by atoms with Crippen LogP contribution in [0.5, 0.6) is 5.75 Å². The summed E-state index contributed by atoms with van der Waals surface area (Å²) in [7, 11) is 1.56. The Morgan fingerprint density at radius 1 is 1.29 bits per heavy atom. The third-order valence-corrected chi connectivity index (χ3v) is 6.36. The van der Waals surface area contributed by atoms with E-state index in [0.29, 0.717) is 32.0 Å². The molecule has 11 heteroatoms. The Hall–Kier alpha value is -4.25. The molecule has 1 aromatic heterocycles. The fourth-order valence-electron chi connectivity index (χ4n) is 3.75. The van der Waals surface area contributed by atoms with Crippen molar-refractivity contribution in [2.75, 3.05) is 19.0 Å². The first-order chi connectivity index (χ1) is 16.8. The average Bonchev–Trinajstić information content (AvgIpc) is 3.16. The number of carbonyl (C=O) groups is 1. The van der Waals surface area contributed by atoms with Crippen LogP contribution >= 0.6 is 11.3 Å². The number of nitro groups is 1. The normalized spacial score (nSPS) is 15.3. The lowest BCUT2D eigenvalue weighted by molar-refractivity contribution is -0.384. The number of anilines is 1. The highest BCUT2D eigenvalue weighted by molar-refractivity contribution is 7.07. The predicted octanol–water partition coefficient (Wildman–Crippen LogP) is 2.74. The molecule has 0 bridgehead atoms.